The number of aliphatic imine (C=N–C) groups is 1. The van der Waals surface area contributed by atoms with Gasteiger partial charge in [-0.2, -0.15) is 0 Å². The fourth-order valence-electron chi connectivity index (χ4n) is 2.59. The predicted octanol–water partition coefficient (Wildman–Crippen LogP) is 3.84. The molecule has 0 bridgehead atoms. The summed E-state index contributed by atoms with van der Waals surface area (Å²) in [5.41, 5.74) is 2.05. The molecule has 2 aromatic heterocycles. The van der Waals surface area contributed by atoms with Crippen LogP contribution in [0.15, 0.2) is 70.8 Å². The fraction of sp³-hybridized carbons (Fsp3) is 0.300. The van der Waals surface area contributed by atoms with Gasteiger partial charge < -0.3 is 15.0 Å². The van der Waals surface area contributed by atoms with Gasteiger partial charge in [0, 0.05) is 49.1 Å². The summed E-state index contributed by atoms with van der Waals surface area (Å²) < 4.78 is 2.04. The average molecular weight is 495 g/mol. The van der Waals surface area contributed by atoms with Gasteiger partial charge in [-0.1, -0.05) is 24.3 Å². The van der Waals surface area contributed by atoms with Crippen molar-refractivity contribution in [3.05, 3.63) is 66.6 Å². The molecule has 3 aromatic rings. The number of fused-ring (bicyclic) bond motifs is 1. The molecule has 0 aliphatic carbocycles. The van der Waals surface area contributed by atoms with E-state index in [0.29, 0.717) is 6.54 Å². The number of nitrogens with one attached hydrogen (secondary N) is 2. The lowest BCUT2D eigenvalue weighted by Crippen LogP contribution is -2.38. The van der Waals surface area contributed by atoms with Gasteiger partial charge in [0.2, 0.25) is 0 Å². The summed E-state index contributed by atoms with van der Waals surface area (Å²) >= 11 is 1.85. The molecule has 2 N–H and O–H groups in total. The highest BCUT2D eigenvalue weighted by Gasteiger charge is 2.01. The second-order valence-electron chi connectivity index (χ2n) is 5.80. The Balaban J connectivity index is 0.00000261. The van der Waals surface area contributed by atoms with Gasteiger partial charge in [-0.15, -0.1) is 35.7 Å². The van der Waals surface area contributed by atoms with E-state index in [0.717, 1.165) is 42.6 Å². The number of guanidine groups is 1. The molecule has 3 rings (SSSR count). The summed E-state index contributed by atoms with van der Waals surface area (Å²) in [5.74, 6) is 1.87. The first-order valence-corrected chi connectivity index (χ1v) is 9.96. The third-order valence-electron chi connectivity index (χ3n) is 3.80. The summed E-state index contributed by atoms with van der Waals surface area (Å²) in [6.45, 7) is 4.52. The van der Waals surface area contributed by atoms with Crippen molar-refractivity contribution in [1.29, 1.82) is 0 Å². The summed E-state index contributed by atoms with van der Waals surface area (Å²) in [5, 5.41) is 6.69. The third-order valence-corrected chi connectivity index (χ3v) is 4.82. The number of halogens is 1. The molecule has 2 heterocycles. The molecule has 27 heavy (non-hydrogen) atoms. The second kappa shape index (κ2) is 11.9. The summed E-state index contributed by atoms with van der Waals surface area (Å²) in [6.07, 6.45) is 4.92. The Hall–Kier alpha value is -1.74. The zero-order valence-corrected chi connectivity index (χ0v) is 18.6. The molecule has 0 saturated carbocycles. The monoisotopic (exact) mass is 495 g/mol. The molecular weight excluding hydrogens is 469 g/mol. The van der Waals surface area contributed by atoms with Crippen molar-refractivity contribution < 1.29 is 0 Å². The fourth-order valence-corrected chi connectivity index (χ4v) is 3.38. The van der Waals surface area contributed by atoms with Crippen molar-refractivity contribution in [2.45, 2.75) is 18.2 Å². The van der Waals surface area contributed by atoms with Crippen LogP contribution in [-0.2, 0) is 6.42 Å². The van der Waals surface area contributed by atoms with Crippen LogP contribution in [-0.4, -0.2) is 40.7 Å². The minimum absolute atomic E-state index is 0. The molecule has 1 aromatic carbocycles. The molecule has 0 fully saturated rings. The second-order valence-corrected chi connectivity index (χ2v) is 6.97. The van der Waals surface area contributed by atoms with Crippen LogP contribution in [0.4, 0.5) is 0 Å². The summed E-state index contributed by atoms with van der Waals surface area (Å²) in [6, 6.07) is 16.5. The first-order chi connectivity index (χ1) is 12.8. The van der Waals surface area contributed by atoms with Gasteiger partial charge in [-0.3, -0.25) is 4.99 Å². The zero-order valence-electron chi connectivity index (χ0n) is 15.5. The van der Waals surface area contributed by atoms with E-state index >= 15 is 0 Å². The number of imidazole rings is 1. The number of nitrogens with zero attached hydrogens (tertiary/aromatic N) is 3. The molecule has 0 radical (unpaired) electrons. The Labute approximate surface area is 182 Å². The molecule has 0 saturated heterocycles. The number of hydrogen-bond donors (Lipinski definition) is 2. The maximum Gasteiger partial charge on any atom is 0.191 e. The van der Waals surface area contributed by atoms with Crippen molar-refractivity contribution in [3.8, 4) is 0 Å². The van der Waals surface area contributed by atoms with Gasteiger partial charge in [0.1, 0.15) is 5.65 Å². The van der Waals surface area contributed by atoms with Crippen LogP contribution < -0.4 is 10.6 Å². The van der Waals surface area contributed by atoms with Crippen molar-refractivity contribution in [2.75, 3.05) is 25.4 Å². The molecule has 5 nitrogen and oxygen atoms in total. The molecule has 0 aliphatic heterocycles. The van der Waals surface area contributed by atoms with Crippen LogP contribution >= 0.6 is 35.7 Å². The Bertz CT molecular complexity index is 802. The summed E-state index contributed by atoms with van der Waals surface area (Å²) in [4.78, 5) is 10.6. The molecule has 0 spiro atoms. The van der Waals surface area contributed by atoms with Crippen LogP contribution in [0.25, 0.3) is 5.65 Å². The van der Waals surface area contributed by atoms with E-state index in [1.807, 2.05) is 46.6 Å². The van der Waals surface area contributed by atoms with E-state index < -0.39 is 0 Å². The normalized spacial score (nSPS) is 11.2. The number of benzene rings is 1. The van der Waals surface area contributed by atoms with Crippen LogP contribution in [0.1, 0.15) is 12.6 Å². The molecular formula is C20H26IN5S. The van der Waals surface area contributed by atoms with Crippen molar-refractivity contribution in [2.24, 2.45) is 4.99 Å². The number of pyridine rings is 1. The number of thioether (sulfide) groups is 1. The van der Waals surface area contributed by atoms with E-state index in [2.05, 4.69) is 58.0 Å². The lowest BCUT2D eigenvalue weighted by atomic mass is 10.3. The van der Waals surface area contributed by atoms with Crippen molar-refractivity contribution >= 4 is 47.3 Å². The van der Waals surface area contributed by atoms with E-state index in [9.17, 15) is 0 Å². The molecule has 0 amide bonds. The number of hydrogen-bond acceptors (Lipinski definition) is 3. The smallest absolute Gasteiger partial charge is 0.191 e. The lowest BCUT2D eigenvalue weighted by molar-refractivity contribution is 0.832. The first kappa shape index (κ1) is 21.6. The maximum atomic E-state index is 4.66. The molecule has 0 unspecified atom stereocenters. The highest BCUT2D eigenvalue weighted by molar-refractivity contribution is 14.0. The molecule has 0 aliphatic rings. The van der Waals surface area contributed by atoms with Gasteiger partial charge in [-0.05, 0) is 31.2 Å². The SMILES string of the molecule is CCNC(=NCCc1cn2ccccc2n1)NCCSc1ccccc1.I. The third kappa shape index (κ3) is 7.06. The summed E-state index contributed by atoms with van der Waals surface area (Å²) in [7, 11) is 0. The zero-order chi connectivity index (χ0) is 18.0. The Morgan fingerprint density at radius 2 is 1.93 bits per heavy atom. The first-order valence-electron chi connectivity index (χ1n) is 8.98. The van der Waals surface area contributed by atoms with Gasteiger partial charge in [0.25, 0.3) is 0 Å². The number of rotatable bonds is 8. The standard InChI is InChI=1S/C20H25N5S.HI/c1-2-21-20(23-13-15-26-18-8-4-3-5-9-18)22-12-11-17-16-25-14-7-6-10-19(25)24-17;/h3-10,14,16H,2,11-13,15H2,1H3,(H2,21,22,23);1H. The van der Waals surface area contributed by atoms with E-state index in [-0.39, 0.29) is 24.0 Å². The van der Waals surface area contributed by atoms with Crippen molar-refractivity contribution in [3.63, 3.8) is 0 Å². The Morgan fingerprint density at radius 3 is 2.70 bits per heavy atom. The topological polar surface area (TPSA) is 53.7 Å². The highest BCUT2D eigenvalue weighted by atomic mass is 127. The predicted molar refractivity (Wildman–Crippen MR) is 125 cm³/mol. The molecule has 144 valence electrons. The minimum atomic E-state index is 0. The molecule has 7 heteroatoms. The average Bonchev–Trinajstić information content (AvgIpc) is 3.09. The van der Waals surface area contributed by atoms with Gasteiger partial charge in [0.05, 0.1) is 5.69 Å². The highest BCUT2D eigenvalue weighted by Crippen LogP contribution is 2.15. The molecule has 0 atom stereocenters. The van der Waals surface area contributed by atoms with E-state index in [1.165, 1.54) is 4.90 Å². The van der Waals surface area contributed by atoms with Gasteiger partial charge in [0.15, 0.2) is 5.96 Å². The van der Waals surface area contributed by atoms with Gasteiger partial charge in [-0.25, -0.2) is 4.98 Å². The van der Waals surface area contributed by atoms with E-state index in [1.54, 1.807) is 0 Å². The Kier molecular flexibility index (Phi) is 9.47. The lowest BCUT2D eigenvalue weighted by Gasteiger charge is -2.11. The maximum absolute atomic E-state index is 4.66. The Morgan fingerprint density at radius 1 is 1.11 bits per heavy atom. The largest absolute Gasteiger partial charge is 0.357 e. The van der Waals surface area contributed by atoms with Gasteiger partial charge >= 0.3 is 0 Å². The number of aromatic nitrogens is 2. The quantitative estimate of drug-likeness (QED) is 0.164. The van der Waals surface area contributed by atoms with Crippen LogP contribution in [0.2, 0.25) is 0 Å². The van der Waals surface area contributed by atoms with Crippen LogP contribution in [0.5, 0.6) is 0 Å². The van der Waals surface area contributed by atoms with E-state index in [4.69, 9.17) is 0 Å². The minimum Gasteiger partial charge on any atom is -0.357 e. The van der Waals surface area contributed by atoms with Crippen molar-refractivity contribution in [1.82, 2.24) is 20.0 Å². The van der Waals surface area contributed by atoms with Crippen LogP contribution in [0, 0.1) is 0 Å². The van der Waals surface area contributed by atoms with Crippen LogP contribution in [0.3, 0.4) is 0 Å².